The number of carbonyl (C=O) groups is 2. The first-order chi connectivity index (χ1) is 14.4. The second-order valence-electron chi connectivity index (χ2n) is 9.10. The van der Waals surface area contributed by atoms with Gasteiger partial charge in [0, 0.05) is 24.2 Å². The highest BCUT2D eigenvalue weighted by Crippen LogP contribution is 2.46. The number of nitrogens with two attached hydrogens (primary N) is 1. The molecule has 6 nitrogen and oxygen atoms in total. The molecule has 0 spiro atoms. The fourth-order valence-electron chi connectivity index (χ4n) is 4.96. The number of urea groups is 1. The third kappa shape index (κ3) is 4.72. The zero-order valence-corrected chi connectivity index (χ0v) is 18.0. The van der Waals surface area contributed by atoms with E-state index < -0.39 is 5.82 Å². The highest BCUT2D eigenvalue weighted by Gasteiger charge is 2.44. The van der Waals surface area contributed by atoms with Gasteiger partial charge in [0.25, 0.3) is 0 Å². The van der Waals surface area contributed by atoms with Gasteiger partial charge in [0.1, 0.15) is 5.82 Å². The van der Waals surface area contributed by atoms with Gasteiger partial charge in [-0.1, -0.05) is 24.4 Å². The van der Waals surface area contributed by atoms with Gasteiger partial charge in [-0.25, -0.2) is 9.18 Å². The SMILES string of the molecule is NC(=O)C1(CC2CC2)CCN(C2CCN(C(=O)Nc3ccc(Cl)cc3F)CC2)CC1. The third-order valence-electron chi connectivity index (χ3n) is 7.09. The van der Waals surface area contributed by atoms with E-state index in [1.165, 1.54) is 25.0 Å². The molecule has 3 N–H and O–H groups in total. The minimum Gasteiger partial charge on any atom is -0.369 e. The van der Waals surface area contributed by atoms with Gasteiger partial charge in [-0.2, -0.15) is 0 Å². The zero-order chi connectivity index (χ0) is 21.3. The number of nitrogens with one attached hydrogen (secondary N) is 1. The fourth-order valence-corrected chi connectivity index (χ4v) is 5.12. The number of amides is 3. The Balaban J connectivity index is 1.26. The van der Waals surface area contributed by atoms with Crippen LogP contribution >= 0.6 is 11.6 Å². The van der Waals surface area contributed by atoms with E-state index >= 15 is 0 Å². The van der Waals surface area contributed by atoms with Crippen LogP contribution < -0.4 is 11.1 Å². The molecular formula is C22H30ClFN4O2. The quantitative estimate of drug-likeness (QED) is 0.735. The van der Waals surface area contributed by atoms with Crippen molar-refractivity contribution < 1.29 is 14.0 Å². The van der Waals surface area contributed by atoms with Crippen LogP contribution in [0.5, 0.6) is 0 Å². The zero-order valence-electron chi connectivity index (χ0n) is 17.2. The van der Waals surface area contributed by atoms with Gasteiger partial charge in [-0.3, -0.25) is 4.79 Å². The molecule has 2 saturated heterocycles. The highest BCUT2D eigenvalue weighted by atomic mass is 35.5. The predicted molar refractivity (Wildman–Crippen MR) is 115 cm³/mol. The Kier molecular flexibility index (Phi) is 6.21. The molecule has 0 unspecified atom stereocenters. The molecule has 1 aromatic carbocycles. The number of hydrogen-bond acceptors (Lipinski definition) is 3. The van der Waals surface area contributed by atoms with Gasteiger partial charge in [-0.15, -0.1) is 0 Å². The van der Waals surface area contributed by atoms with E-state index in [9.17, 15) is 14.0 Å². The molecule has 2 aliphatic heterocycles. The van der Waals surface area contributed by atoms with E-state index in [1.54, 1.807) is 11.0 Å². The highest BCUT2D eigenvalue weighted by molar-refractivity contribution is 6.30. The summed E-state index contributed by atoms with van der Waals surface area (Å²) in [5.41, 5.74) is 5.61. The number of anilines is 1. The van der Waals surface area contributed by atoms with Crippen molar-refractivity contribution >= 4 is 29.2 Å². The summed E-state index contributed by atoms with van der Waals surface area (Å²) in [5.74, 6) is 0.0226. The maximum Gasteiger partial charge on any atom is 0.321 e. The van der Waals surface area contributed by atoms with Gasteiger partial charge in [-0.05, 0) is 69.3 Å². The molecular weight excluding hydrogens is 407 g/mol. The maximum absolute atomic E-state index is 13.9. The molecule has 0 radical (unpaired) electrons. The predicted octanol–water partition coefficient (Wildman–Crippen LogP) is 3.84. The average molecular weight is 437 g/mol. The van der Waals surface area contributed by atoms with Crippen LogP contribution in [0.25, 0.3) is 0 Å². The largest absolute Gasteiger partial charge is 0.369 e. The fraction of sp³-hybridized carbons (Fsp3) is 0.636. The summed E-state index contributed by atoms with van der Waals surface area (Å²) >= 11 is 5.76. The summed E-state index contributed by atoms with van der Waals surface area (Å²) in [6, 6.07) is 4.34. The van der Waals surface area contributed by atoms with Crippen molar-refractivity contribution in [3.05, 3.63) is 29.0 Å². The molecule has 8 heteroatoms. The van der Waals surface area contributed by atoms with Crippen LogP contribution in [0.1, 0.15) is 44.9 Å². The minimum absolute atomic E-state index is 0.130. The van der Waals surface area contributed by atoms with Crippen molar-refractivity contribution in [3.8, 4) is 0 Å². The summed E-state index contributed by atoms with van der Waals surface area (Å²) in [5, 5.41) is 2.93. The number of likely N-dealkylation sites (tertiary alicyclic amines) is 2. The lowest BCUT2D eigenvalue weighted by Crippen LogP contribution is -2.53. The molecule has 4 rings (SSSR count). The normalized spacial score (nSPS) is 22.7. The molecule has 1 aromatic rings. The average Bonchev–Trinajstić information content (AvgIpc) is 3.54. The second-order valence-corrected chi connectivity index (χ2v) is 9.54. The minimum atomic E-state index is -0.539. The lowest BCUT2D eigenvalue weighted by molar-refractivity contribution is -0.132. The van der Waals surface area contributed by atoms with Crippen molar-refractivity contribution in [2.45, 2.75) is 51.0 Å². The van der Waals surface area contributed by atoms with Gasteiger partial charge in [0.15, 0.2) is 0 Å². The van der Waals surface area contributed by atoms with Gasteiger partial charge >= 0.3 is 6.03 Å². The van der Waals surface area contributed by atoms with E-state index in [4.69, 9.17) is 17.3 Å². The van der Waals surface area contributed by atoms with E-state index in [2.05, 4.69) is 10.2 Å². The van der Waals surface area contributed by atoms with E-state index in [-0.39, 0.29) is 23.0 Å². The standard InChI is InChI=1S/C22H30ClFN4O2/c23-16-3-4-19(18(24)13-16)26-21(30)28-9-5-17(6-10-28)27-11-7-22(8-12-27,20(25)29)14-15-1-2-15/h3-4,13,15,17H,1-2,5-12,14H2,(H2,25,29)(H,26,30). The van der Waals surface area contributed by atoms with Gasteiger partial charge < -0.3 is 20.9 Å². The van der Waals surface area contributed by atoms with Crippen LogP contribution in [0.15, 0.2) is 18.2 Å². The number of carbonyl (C=O) groups excluding carboxylic acids is 2. The molecule has 30 heavy (non-hydrogen) atoms. The smallest absolute Gasteiger partial charge is 0.321 e. The monoisotopic (exact) mass is 436 g/mol. The Bertz CT molecular complexity index is 800. The number of nitrogens with zero attached hydrogens (tertiary/aromatic N) is 2. The molecule has 1 saturated carbocycles. The molecule has 3 fully saturated rings. The molecule has 2 heterocycles. The van der Waals surface area contributed by atoms with Crippen LogP contribution in [-0.4, -0.2) is 54.0 Å². The van der Waals surface area contributed by atoms with Crippen molar-refractivity contribution in [2.75, 3.05) is 31.5 Å². The summed E-state index contributed by atoms with van der Waals surface area (Å²) in [4.78, 5) is 28.9. The van der Waals surface area contributed by atoms with Crippen LogP contribution in [0, 0.1) is 17.2 Å². The lowest BCUT2D eigenvalue weighted by atomic mass is 9.73. The van der Waals surface area contributed by atoms with Crippen LogP contribution in [0.4, 0.5) is 14.9 Å². The first kappa shape index (κ1) is 21.4. The summed E-state index contributed by atoms with van der Waals surface area (Å²) in [6.45, 7) is 3.04. The van der Waals surface area contributed by atoms with Gasteiger partial charge in [0.2, 0.25) is 5.91 Å². The number of rotatable bonds is 5. The first-order valence-corrected chi connectivity index (χ1v) is 11.3. The Labute approximate surface area is 181 Å². The third-order valence-corrected chi connectivity index (χ3v) is 7.33. The molecule has 1 aliphatic carbocycles. The lowest BCUT2D eigenvalue weighted by Gasteiger charge is -2.45. The molecule has 164 valence electrons. The topological polar surface area (TPSA) is 78.7 Å². The molecule has 0 atom stereocenters. The number of benzene rings is 1. The Morgan fingerprint density at radius 1 is 1.13 bits per heavy atom. The Morgan fingerprint density at radius 3 is 2.37 bits per heavy atom. The Morgan fingerprint density at radius 2 is 1.80 bits per heavy atom. The van der Waals surface area contributed by atoms with E-state index in [0.29, 0.717) is 30.1 Å². The molecule has 0 aromatic heterocycles. The first-order valence-electron chi connectivity index (χ1n) is 10.9. The number of primary amides is 1. The van der Waals surface area contributed by atoms with Crippen molar-refractivity contribution in [3.63, 3.8) is 0 Å². The van der Waals surface area contributed by atoms with Crippen LogP contribution in [0.2, 0.25) is 5.02 Å². The summed E-state index contributed by atoms with van der Waals surface area (Å²) < 4.78 is 13.9. The number of halogens is 2. The van der Waals surface area contributed by atoms with E-state index in [1.807, 2.05) is 0 Å². The molecule has 0 bridgehead atoms. The van der Waals surface area contributed by atoms with Crippen LogP contribution in [0.3, 0.4) is 0 Å². The second kappa shape index (κ2) is 8.71. The van der Waals surface area contributed by atoms with Crippen molar-refractivity contribution in [1.29, 1.82) is 0 Å². The van der Waals surface area contributed by atoms with Crippen LogP contribution in [-0.2, 0) is 4.79 Å². The Hall–Kier alpha value is -1.86. The van der Waals surface area contributed by atoms with Gasteiger partial charge in [0.05, 0.1) is 11.1 Å². The van der Waals surface area contributed by atoms with Crippen molar-refractivity contribution in [1.82, 2.24) is 9.80 Å². The summed E-state index contributed by atoms with van der Waals surface area (Å²) in [7, 11) is 0. The van der Waals surface area contributed by atoms with E-state index in [0.717, 1.165) is 45.2 Å². The van der Waals surface area contributed by atoms with Crippen molar-refractivity contribution in [2.24, 2.45) is 17.1 Å². The maximum atomic E-state index is 13.9. The summed E-state index contributed by atoms with van der Waals surface area (Å²) in [6.07, 6.45) is 6.87. The number of piperidine rings is 2. The molecule has 3 amide bonds. The molecule has 3 aliphatic rings. The number of hydrogen-bond donors (Lipinski definition) is 2.